The molecule has 1 aliphatic heterocycles. The number of nitrogens with zero attached hydrogens (tertiary/aromatic N) is 5. The molecule has 0 saturated heterocycles. The number of aromatic nitrogens is 4. The van der Waals surface area contributed by atoms with E-state index < -0.39 is 36.3 Å². The predicted molar refractivity (Wildman–Crippen MR) is 88.2 cm³/mol. The van der Waals surface area contributed by atoms with Gasteiger partial charge in [0.2, 0.25) is 0 Å². The molecule has 0 saturated carbocycles. The van der Waals surface area contributed by atoms with Gasteiger partial charge in [0.25, 0.3) is 11.5 Å². The fraction of sp³-hybridized carbons (Fsp3) is 0.429. The maximum atomic E-state index is 13.0. The van der Waals surface area contributed by atoms with E-state index in [-0.39, 0.29) is 10.7 Å². The van der Waals surface area contributed by atoms with Gasteiger partial charge in [-0.25, -0.2) is 4.98 Å². The van der Waals surface area contributed by atoms with Gasteiger partial charge in [-0.1, -0.05) is 23.4 Å². The summed E-state index contributed by atoms with van der Waals surface area (Å²) in [5.74, 6) is -0.441. The average Bonchev–Trinajstić information content (AvgIpc) is 3.12. The van der Waals surface area contributed by atoms with Crippen LogP contribution in [0.1, 0.15) is 16.1 Å². The van der Waals surface area contributed by atoms with E-state index in [0.29, 0.717) is 22.4 Å². The molecule has 1 amide bonds. The van der Waals surface area contributed by atoms with Gasteiger partial charge in [0.1, 0.15) is 17.8 Å². The summed E-state index contributed by atoms with van der Waals surface area (Å²) < 4.78 is 41.5. The van der Waals surface area contributed by atoms with Crippen molar-refractivity contribution in [1.29, 1.82) is 0 Å². The molecule has 0 spiro atoms. The van der Waals surface area contributed by atoms with E-state index in [0.717, 1.165) is 6.20 Å². The summed E-state index contributed by atoms with van der Waals surface area (Å²) in [7, 11) is 1.56. The monoisotopic (exact) mass is 407 g/mol. The molecule has 26 heavy (non-hydrogen) atoms. The normalized spacial score (nSPS) is 13.7. The lowest BCUT2D eigenvalue weighted by atomic mass is 10.2. The molecule has 3 rings (SSSR count). The van der Waals surface area contributed by atoms with Gasteiger partial charge < -0.3 is 4.90 Å². The van der Waals surface area contributed by atoms with Crippen LogP contribution in [0.15, 0.2) is 22.3 Å². The Morgan fingerprint density at radius 1 is 1.46 bits per heavy atom. The SMILES string of the molecule is Cn1cc(Cl)c(CN(CC(F)(F)F)C(=O)c2cnc3n(c2=O)CCS3)n1. The average molecular weight is 408 g/mol. The van der Waals surface area contributed by atoms with Gasteiger partial charge in [0, 0.05) is 31.7 Å². The highest BCUT2D eigenvalue weighted by Gasteiger charge is 2.35. The van der Waals surface area contributed by atoms with Crippen molar-refractivity contribution in [1.82, 2.24) is 24.2 Å². The number of fused-ring (bicyclic) bond motifs is 1. The number of hydrogen-bond acceptors (Lipinski definition) is 5. The molecule has 0 bridgehead atoms. The van der Waals surface area contributed by atoms with Crippen molar-refractivity contribution in [2.45, 2.75) is 24.4 Å². The second-order valence-corrected chi connectivity index (χ2v) is 7.10. The van der Waals surface area contributed by atoms with E-state index in [1.165, 1.54) is 27.2 Å². The van der Waals surface area contributed by atoms with Crippen LogP contribution >= 0.6 is 23.4 Å². The van der Waals surface area contributed by atoms with Crippen molar-refractivity contribution >= 4 is 29.3 Å². The largest absolute Gasteiger partial charge is 0.406 e. The van der Waals surface area contributed by atoms with Crippen LogP contribution in [-0.4, -0.2) is 48.6 Å². The summed E-state index contributed by atoms with van der Waals surface area (Å²) in [5, 5.41) is 4.54. The van der Waals surface area contributed by atoms with Crippen molar-refractivity contribution in [3.05, 3.63) is 39.0 Å². The zero-order valence-corrected chi connectivity index (χ0v) is 15.0. The minimum atomic E-state index is -4.65. The van der Waals surface area contributed by atoms with Crippen molar-refractivity contribution in [3.8, 4) is 0 Å². The Balaban J connectivity index is 1.95. The minimum absolute atomic E-state index is 0.108. The van der Waals surface area contributed by atoms with Crippen LogP contribution in [-0.2, 0) is 20.1 Å². The summed E-state index contributed by atoms with van der Waals surface area (Å²) in [6, 6.07) is 0. The Kier molecular flexibility index (Phi) is 5.02. The molecule has 0 fully saturated rings. The highest BCUT2D eigenvalue weighted by molar-refractivity contribution is 7.99. The van der Waals surface area contributed by atoms with E-state index in [9.17, 15) is 22.8 Å². The van der Waals surface area contributed by atoms with E-state index in [2.05, 4.69) is 10.1 Å². The lowest BCUT2D eigenvalue weighted by Gasteiger charge is -2.23. The molecule has 2 aromatic rings. The van der Waals surface area contributed by atoms with Gasteiger partial charge in [0.15, 0.2) is 5.16 Å². The first-order valence-corrected chi connectivity index (χ1v) is 8.79. The lowest BCUT2D eigenvalue weighted by molar-refractivity contribution is -0.141. The molecule has 0 radical (unpaired) electrons. The molecule has 7 nitrogen and oxygen atoms in total. The zero-order valence-electron chi connectivity index (χ0n) is 13.5. The molecular weight excluding hydrogens is 395 g/mol. The quantitative estimate of drug-likeness (QED) is 0.724. The topological polar surface area (TPSA) is 73.0 Å². The highest BCUT2D eigenvalue weighted by Crippen LogP contribution is 2.23. The molecule has 0 N–H and O–H groups in total. The molecule has 1 aliphatic rings. The third kappa shape index (κ3) is 3.88. The maximum Gasteiger partial charge on any atom is 0.406 e. The first kappa shape index (κ1) is 18.8. The van der Waals surface area contributed by atoms with Crippen LogP contribution in [0.2, 0.25) is 5.02 Å². The number of halogens is 4. The third-order valence-corrected chi connectivity index (χ3v) is 4.93. The molecule has 0 aliphatic carbocycles. The van der Waals surface area contributed by atoms with E-state index in [4.69, 9.17) is 11.6 Å². The van der Waals surface area contributed by atoms with Crippen molar-refractivity contribution in [2.24, 2.45) is 7.05 Å². The molecule has 140 valence electrons. The third-order valence-electron chi connectivity index (χ3n) is 3.64. The first-order valence-electron chi connectivity index (χ1n) is 7.42. The summed E-state index contributed by atoms with van der Waals surface area (Å²) in [6.07, 6.45) is -2.21. The van der Waals surface area contributed by atoms with Gasteiger partial charge in [0.05, 0.1) is 11.6 Å². The molecular formula is C14H13ClF3N5O2S. The fourth-order valence-electron chi connectivity index (χ4n) is 2.54. The number of rotatable bonds is 4. The summed E-state index contributed by atoms with van der Waals surface area (Å²) in [6.45, 7) is -1.65. The van der Waals surface area contributed by atoms with E-state index >= 15 is 0 Å². The van der Waals surface area contributed by atoms with E-state index in [1.54, 1.807) is 7.05 Å². The Bertz CT molecular complexity index is 911. The Labute approximate surface area is 154 Å². The Morgan fingerprint density at radius 2 is 2.19 bits per heavy atom. The second-order valence-electron chi connectivity index (χ2n) is 5.63. The number of amides is 1. The highest BCUT2D eigenvalue weighted by atomic mass is 35.5. The molecule has 0 unspecified atom stereocenters. The molecule has 0 aromatic carbocycles. The fourth-order valence-corrected chi connectivity index (χ4v) is 3.70. The zero-order chi connectivity index (χ0) is 19.1. The smallest absolute Gasteiger partial charge is 0.323 e. The number of aryl methyl sites for hydroxylation is 1. The molecule has 12 heteroatoms. The number of hydrogen-bond donors (Lipinski definition) is 0. The van der Waals surface area contributed by atoms with Crippen molar-refractivity contribution < 1.29 is 18.0 Å². The Morgan fingerprint density at radius 3 is 2.81 bits per heavy atom. The number of carbonyl (C=O) groups excluding carboxylic acids is 1. The van der Waals surface area contributed by atoms with Gasteiger partial charge in [-0.05, 0) is 0 Å². The second kappa shape index (κ2) is 6.95. The van der Waals surface area contributed by atoms with Gasteiger partial charge >= 0.3 is 6.18 Å². The van der Waals surface area contributed by atoms with Crippen molar-refractivity contribution in [3.63, 3.8) is 0 Å². The Hall–Kier alpha value is -2.01. The number of carbonyl (C=O) groups is 1. The number of thioether (sulfide) groups is 1. The van der Waals surface area contributed by atoms with Gasteiger partial charge in [-0.15, -0.1) is 0 Å². The van der Waals surface area contributed by atoms with Crippen LogP contribution in [0.3, 0.4) is 0 Å². The van der Waals surface area contributed by atoms with Crippen molar-refractivity contribution in [2.75, 3.05) is 12.3 Å². The van der Waals surface area contributed by atoms with Crippen LogP contribution < -0.4 is 5.56 Å². The standard InChI is InChI=1S/C14H13ClF3N5O2S/c1-21-5-9(15)10(20-21)6-22(7-14(16,17)18)11(24)8-4-19-13-23(12(8)25)2-3-26-13/h4-5H,2-3,6-7H2,1H3. The van der Waals surface area contributed by atoms with E-state index in [1.807, 2.05) is 0 Å². The van der Waals surface area contributed by atoms with Crippen LogP contribution in [0.25, 0.3) is 0 Å². The van der Waals surface area contributed by atoms with Gasteiger partial charge in [-0.3, -0.25) is 18.8 Å². The molecule has 0 atom stereocenters. The number of alkyl halides is 3. The minimum Gasteiger partial charge on any atom is -0.323 e. The molecule has 2 aromatic heterocycles. The summed E-state index contributed by atoms with van der Waals surface area (Å²) >= 11 is 7.28. The first-order chi connectivity index (χ1) is 12.2. The molecule has 3 heterocycles. The lowest BCUT2D eigenvalue weighted by Crippen LogP contribution is -2.41. The van der Waals surface area contributed by atoms with Crippen LogP contribution in [0.4, 0.5) is 13.2 Å². The van der Waals surface area contributed by atoms with Crippen LogP contribution in [0.5, 0.6) is 0 Å². The summed E-state index contributed by atoms with van der Waals surface area (Å²) in [4.78, 5) is 29.6. The predicted octanol–water partition coefficient (Wildman–Crippen LogP) is 1.94. The maximum absolute atomic E-state index is 13.0. The van der Waals surface area contributed by atoms with Gasteiger partial charge in [-0.2, -0.15) is 18.3 Å². The van der Waals surface area contributed by atoms with Crippen LogP contribution in [0, 0.1) is 0 Å². The summed E-state index contributed by atoms with van der Waals surface area (Å²) in [5.41, 5.74) is -0.951.